The Labute approximate surface area is 101 Å². The lowest BCUT2D eigenvalue weighted by atomic mass is 10.2. The third kappa shape index (κ3) is 8.32. The lowest BCUT2D eigenvalue weighted by Gasteiger charge is -2.24. The number of nitrogens with two attached hydrogens (primary N) is 2. The highest BCUT2D eigenvalue weighted by atomic mass is 16.6. The van der Waals surface area contributed by atoms with E-state index in [-0.39, 0.29) is 12.1 Å². The number of hydrogen-bond acceptors (Lipinski definition) is 4. The quantitative estimate of drug-likeness (QED) is 0.578. The molecule has 5 N–H and O–H groups in total. The topological polar surface area (TPSA) is 119 Å². The minimum Gasteiger partial charge on any atom is -0.465 e. The van der Waals surface area contributed by atoms with Gasteiger partial charge in [-0.15, -0.1) is 0 Å². The van der Waals surface area contributed by atoms with Crippen LogP contribution in [-0.2, 0) is 4.74 Å². The van der Waals surface area contributed by atoms with Crippen molar-refractivity contribution in [2.45, 2.75) is 38.8 Å². The van der Waals surface area contributed by atoms with Gasteiger partial charge in [0, 0.05) is 19.1 Å². The minimum atomic E-state index is -1.33. The van der Waals surface area contributed by atoms with Gasteiger partial charge in [0.25, 0.3) is 0 Å². The number of carbonyl (C=O) groups is 2. The normalized spacial score (nSPS) is 19.3. The number of carboxylic acid groups (broad SMARTS) is 1. The zero-order valence-electron chi connectivity index (χ0n) is 10.5. The molecule has 0 aliphatic carbocycles. The van der Waals surface area contributed by atoms with E-state index in [1.807, 2.05) is 20.8 Å². The maximum absolute atomic E-state index is 11.5. The zero-order chi connectivity index (χ0) is 13.6. The van der Waals surface area contributed by atoms with Crippen LogP contribution < -0.4 is 11.5 Å². The Bertz CT molecular complexity index is 271. The van der Waals surface area contributed by atoms with Gasteiger partial charge in [0.15, 0.2) is 0 Å². The van der Waals surface area contributed by atoms with Crippen molar-refractivity contribution in [3.63, 3.8) is 0 Å². The fourth-order valence-electron chi connectivity index (χ4n) is 1.28. The highest BCUT2D eigenvalue weighted by Gasteiger charge is 2.27. The van der Waals surface area contributed by atoms with Crippen LogP contribution in [0, 0.1) is 0 Å². The first kappa shape index (κ1) is 15.5. The van der Waals surface area contributed by atoms with E-state index in [0.717, 1.165) is 13.0 Å². The second kappa shape index (κ2) is 6.29. The van der Waals surface area contributed by atoms with Crippen LogP contribution in [0.15, 0.2) is 0 Å². The molecule has 17 heavy (non-hydrogen) atoms. The molecule has 0 bridgehead atoms. The molecule has 1 rings (SSSR count). The molecule has 0 unspecified atom stereocenters. The van der Waals surface area contributed by atoms with Crippen molar-refractivity contribution in [3.8, 4) is 0 Å². The lowest BCUT2D eigenvalue weighted by molar-refractivity contribution is 0.0292. The Morgan fingerprint density at radius 1 is 1.41 bits per heavy atom. The van der Waals surface area contributed by atoms with E-state index in [4.69, 9.17) is 20.4 Å². The summed E-state index contributed by atoms with van der Waals surface area (Å²) >= 11 is 0. The molecular weight excluding hydrogens is 226 g/mol. The van der Waals surface area contributed by atoms with E-state index in [1.165, 1.54) is 0 Å². The molecule has 1 aliphatic heterocycles. The van der Waals surface area contributed by atoms with Gasteiger partial charge in [-0.05, 0) is 27.2 Å². The Hall–Kier alpha value is -1.50. The Balaban J connectivity index is 0.000000557. The maximum Gasteiger partial charge on any atom is 0.410 e. The third-order valence-corrected chi connectivity index (χ3v) is 1.88. The standard InChI is InChI=1S/C9H18N2O2.CH3NO2/c1-9(2,3)13-8(12)11-5-4-7(10)6-11;2-1(3)4/h7H,4-6,10H2,1-3H3;2H2,(H,3,4)/t7-;/m1./s1. The molecule has 2 amide bonds. The smallest absolute Gasteiger partial charge is 0.410 e. The first-order valence-electron chi connectivity index (χ1n) is 5.33. The molecule has 0 spiro atoms. The molecular formula is C10H21N3O4. The van der Waals surface area contributed by atoms with Crippen LogP contribution in [0.2, 0.25) is 0 Å². The predicted octanol–water partition coefficient (Wildman–Crippen LogP) is 0.578. The van der Waals surface area contributed by atoms with Gasteiger partial charge in [-0.25, -0.2) is 9.59 Å². The summed E-state index contributed by atoms with van der Waals surface area (Å²) in [5.41, 5.74) is 9.29. The Kier molecular flexibility index (Phi) is 5.73. The van der Waals surface area contributed by atoms with Gasteiger partial charge >= 0.3 is 12.2 Å². The monoisotopic (exact) mass is 247 g/mol. The van der Waals surface area contributed by atoms with Crippen molar-refractivity contribution >= 4 is 12.2 Å². The van der Waals surface area contributed by atoms with E-state index in [0.29, 0.717) is 6.54 Å². The second-order valence-electron chi connectivity index (χ2n) is 4.81. The van der Waals surface area contributed by atoms with Crippen molar-refractivity contribution in [2.24, 2.45) is 11.5 Å². The molecule has 0 radical (unpaired) electrons. The van der Waals surface area contributed by atoms with Crippen LogP contribution in [0.3, 0.4) is 0 Å². The number of rotatable bonds is 0. The summed E-state index contributed by atoms with van der Waals surface area (Å²) in [6, 6.07) is 0.118. The van der Waals surface area contributed by atoms with Crippen molar-refractivity contribution < 1.29 is 19.4 Å². The molecule has 1 atom stereocenters. The van der Waals surface area contributed by atoms with Crippen LogP contribution in [0.5, 0.6) is 0 Å². The van der Waals surface area contributed by atoms with Crippen LogP contribution in [0.4, 0.5) is 9.59 Å². The number of primary amides is 1. The molecule has 100 valence electrons. The lowest BCUT2D eigenvalue weighted by Crippen LogP contribution is -2.36. The number of ether oxygens (including phenoxy) is 1. The first-order valence-corrected chi connectivity index (χ1v) is 5.33. The highest BCUT2D eigenvalue weighted by Crippen LogP contribution is 2.13. The van der Waals surface area contributed by atoms with Gasteiger partial charge in [0.05, 0.1) is 0 Å². The minimum absolute atomic E-state index is 0.118. The van der Waals surface area contributed by atoms with Crippen molar-refractivity contribution in [1.29, 1.82) is 0 Å². The summed E-state index contributed by atoms with van der Waals surface area (Å²) in [7, 11) is 0. The summed E-state index contributed by atoms with van der Waals surface area (Å²) < 4.78 is 5.20. The van der Waals surface area contributed by atoms with Gasteiger partial charge in [-0.3, -0.25) is 0 Å². The number of amides is 2. The van der Waals surface area contributed by atoms with E-state index >= 15 is 0 Å². The summed E-state index contributed by atoms with van der Waals surface area (Å²) in [5.74, 6) is 0. The van der Waals surface area contributed by atoms with Crippen molar-refractivity contribution in [2.75, 3.05) is 13.1 Å². The summed E-state index contributed by atoms with van der Waals surface area (Å²) in [4.78, 5) is 21.9. The second-order valence-corrected chi connectivity index (χ2v) is 4.81. The number of hydrogen-bond donors (Lipinski definition) is 3. The van der Waals surface area contributed by atoms with Crippen LogP contribution >= 0.6 is 0 Å². The van der Waals surface area contributed by atoms with Crippen molar-refractivity contribution in [1.82, 2.24) is 4.90 Å². The highest BCUT2D eigenvalue weighted by molar-refractivity contribution is 5.68. The van der Waals surface area contributed by atoms with E-state index in [9.17, 15) is 4.79 Å². The molecule has 1 fully saturated rings. The van der Waals surface area contributed by atoms with Gasteiger partial charge in [0.1, 0.15) is 5.60 Å². The number of carbonyl (C=O) groups excluding carboxylic acids is 1. The molecule has 7 heteroatoms. The Morgan fingerprint density at radius 2 is 1.88 bits per heavy atom. The zero-order valence-corrected chi connectivity index (χ0v) is 10.5. The molecule has 1 aliphatic rings. The number of nitrogens with zero attached hydrogens (tertiary/aromatic N) is 1. The maximum atomic E-state index is 11.5. The SMILES string of the molecule is CC(C)(C)OC(=O)N1CC[C@@H](N)C1.NC(=O)O. The molecule has 0 saturated carbocycles. The summed E-state index contributed by atoms with van der Waals surface area (Å²) in [5, 5.41) is 7.19. The predicted molar refractivity (Wildman–Crippen MR) is 62.6 cm³/mol. The van der Waals surface area contributed by atoms with Gasteiger partial charge in [0.2, 0.25) is 0 Å². The van der Waals surface area contributed by atoms with E-state index in [2.05, 4.69) is 5.73 Å². The molecule has 1 heterocycles. The van der Waals surface area contributed by atoms with Gasteiger partial charge in [-0.2, -0.15) is 0 Å². The first-order chi connectivity index (χ1) is 7.61. The third-order valence-electron chi connectivity index (χ3n) is 1.88. The summed E-state index contributed by atoms with van der Waals surface area (Å²) in [6.07, 6.45) is -0.709. The Morgan fingerprint density at radius 3 is 2.18 bits per heavy atom. The molecule has 0 aromatic rings. The molecule has 0 aromatic heterocycles. The molecule has 7 nitrogen and oxygen atoms in total. The van der Waals surface area contributed by atoms with Crippen LogP contribution in [0.1, 0.15) is 27.2 Å². The van der Waals surface area contributed by atoms with Crippen LogP contribution in [0.25, 0.3) is 0 Å². The molecule has 0 aromatic carbocycles. The van der Waals surface area contributed by atoms with Gasteiger partial charge in [-0.1, -0.05) is 0 Å². The average Bonchev–Trinajstić information content (AvgIpc) is 2.47. The van der Waals surface area contributed by atoms with Crippen LogP contribution in [-0.4, -0.2) is 46.9 Å². The van der Waals surface area contributed by atoms with Crippen molar-refractivity contribution in [3.05, 3.63) is 0 Å². The van der Waals surface area contributed by atoms with E-state index in [1.54, 1.807) is 4.90 Å². The van der Waals surface area contributed by atoms with E-state index < -0.39 is 11.7 Å². The van der Waals surface area contributed by atoms with Gasteiger partial charge < -0.3 is 26.2 Å². The molecule has 1 saturated heterocycles. The largest absolute Gasteiger partial charge is 0.465 e. The average molecular weight is 247 g/mol. The summed E-state index contributed by atoms with van der Waals surface area (Å²) in [6.45, 7) is 6.92. The fourth-order valence-corrected chi connectivity index (χ4v) is 1.28. The number of likely N-dealkylation sites (tertiary alicyclic amines) is 1. The fraction of sp³-hybridized carbons (Fsp3) is 0.800.